The fourth-order valence-electron chi connectivity index (χ4n) is 1.50. The zero-order valence-corrected chi connectivity index (χ0v) is 9.56. The van der Waals surface area contributed by atoms with Crippen LogP contribution in [0.15, 0.2) is 30.3 Å². The van der Waals surface area contributed by atoms with Gasteiger partial charge in [-0.15, -0.1) is 0 Å². The van der Waals surface area contributed by atoms with E-state index in [1.807, 2.05) is 0 Å². The normalized spacial score (nSPS) is 13.5. The molecule has 0 aliphatic carbocycles. The minimum Gasteiger partial charge on any atom is -0.294 e. The molecular weight excluding hydrogens is 274 g/mol. The Morgan fingerprint density at radius 1 is 1.00 bits per heavy atom. The number of hydrogen-bond acceptors (Lipinski definition) is 1. The number of benzene rings is 1. The van der Waals surface area contributed by atoms with Crippen molar-refractivity contribution in [2.75, 3.05) is 0 Å². The summed E-state index contributed by atoms with van der Waals surface area (Å²) in [5.41, 5.74) is -3.07. The van der Waals surface area contributed by atoms with Crippen LogP contribution in [0.3, 0.4) is 0 Å². The number of ketones is 1. The quantitative estimate of drug-likeness (QED) is 0.580. The second-order valence-electron chi connectivity index (χ2n) is 3.70. The first-order chi connectivity index (χ1) is 8.52. The number of allylic oxidation sites excluding steroid dienone is 2. The van der Waals surface area contributed by atoms with Crippen LogP contribution in [-0.4, -0.2) is 18.1 Å². The van der Waals surface area contributed by atoms with Crippen molar-refractivity contribution in [3.63, 3.8) is 0 Å². The monoisotopic (exact) mass is 282 g/mol. The summed E-state index contributed by atoms with van der Waals surface area (Å²) in [6, 6.07) is 4.30. The minimum atomic E-state index is -5.21. The first-order valence-electron chi connectivity index (χ1n) is 4.99. The third-order valence-electron chi connectivity index (χ3n) is 2.21. The Morgan fingerprint density at radius 3 is 1.84 bits per heavy atom. The van der Waals surface area contributed by atoms with Gasteiger partial charge in [0.2, 0.25) is 0 Å². The van der Waals surface area contributed by atoms with Gasteiger partial charge in [-0.3, -0.25) is 4.79 Å². The van der Waals surface area contributed by atoms with Crippen LogP contribution in [-0.2, 0) is 0 Å². The Hall–Kier alpha value is -1.79. The summed E-state index contributed by atoms with van der Waals surface area (Å²) in [6.07, 6.45) is -11.2. The highest BCUT2D eigenvalue weighted by Gasteiger charge is 2.40. The van der Waals surface area contributed by atoms with E-state index in [9.17, 15) is 31.1 Å². The smallest absolute Gasteiger partial charge is 0.294 e. The Balaban J connectivity index is 3.52. The lowest BCUT2D eigenvalue weighted by molar-refractivity contribution is -0.0911. The van der Waals surface area contributed by atoms with Crippen LogP contribution in [0.25, 0.3) is 5.57 Å². The molecule has 0 aromatic heterocycles. The molecule has 0 unspecified atom stereocenters. The summed E-state index contributed by atoms with van der Waals surface area (Å²) in [7, 11) is 0. The van der Waals surface area contributed by atoms with Gasteiger partial charge in [0, 0.05) is 11.6 Å². The Bertz CT molecular complexity index is 510. The molecule has 0 saturated heterocycles. The molecule has 0 N–H and O–H groups in total. The fraction of sp³-hybridized carbons (Fsp3) is 0.250. The molecule has 0 heterocycles. The highest BCUT2D eigenvalue weighted by atomic mass is 19.4. The lowest BCUT2D eigenvalue weighted by atomic mass is 9.96. The van der Waals surface area contributed by atoms with E-state index in [0.717, 1.165) is 25.1 Å². The molecule has 1 rings (SSSR count). The van der Waals surface area contributed by atoms with Crippen molar-refractivity contribution in [3.05, 3.63) is 41.5 Å². The van der Waals surface area contributed by atoms with Gasteiger partial charge in [0.05, 0.1) is 5.57 Å². The van der Waals surface area contributed by atoms with Crippen molar-refractivity contribution in [2.45, 2.75) is 19.3 Å². The number of hydrogen-bond donors (Lipinski definition) is 0. The van der Waals surface area contributed by atoms with Crippen LogP contribution >= 0.6 is 0 Å². The van der Waals surface area contributed by atoms with E-state index >= 15 is 0 Å². The van der Waals surface area contributed by atoms with Gasteiger partial charge in [-0.25, -0.2) is 0 Å². The highest BCUT2D eigenvalue weighted by Crippen LogP contribution is 2.38. The third-order valence-corrected chi connectivity index (χ3v) is 2.21. The minimum absolute atomic E-state index is 0.407. The number of rotatable bonds is 2. The number of carbonyl (C=O) groups is 1. The van der Waals surface area contributed by atoms with E-state index in [-0.39, 0.29) is 0 Å². The molecule has 0 fully saturated rings. The molecule has 0 amide bonds. The van der Waals surface area contributed by atoms with Gasteiger partial charge >= 0.3 is 12.4 Å². The van der Waals surface area contributed by atoms with Gasteiger partial charge in [-0.05, 0) is 12.5 Å². The van der Waals surface area contributed by atoms with Crippen LogP contribution in [0.5, 0.6) is 0 Å². The molecule has 0 aliphatic heterocycles. The molecule has 104 valence electrons. The molecule has 1 aromatic rings. The van der Waals surface area contributed by atoms with Crippen LogP contribution in [0.2, 0.25) is 0 Å². The summed E-state index contributed by atoms with van der Waals surface area (Å²) in [5.74, 6) is -0.743. The van der Waals surface area contributed by atoms with E-state index in [1.54, 1.807) is 0 Å². The van der Waals surface area contributed by atoms with Crippen LogP contribution in [0.1, 0.15) is 22.8 Å². The molecule has 0 spiro atoms. The third kappa shape index (κ3) is 4.11. The summed E-state index contributed by atoms with van der Waals surface area (Å²) in [6.45, 7) is 0.987. The highest BCUT2D eigenvalue weighted by molar-refractivity contribution is 5.99. The lowest BCUT2D eigenvalue weighted by Crippen LogP contribution is -2.17. The maximum atomic E-state index is 12.7. The molecule has 7 heteroatoms. The second-order valence-corrected chi connectivity index (χ2v) is 3.70. The van der Waals surface area contributed by atoms with E-state index in [0.29, 0.717) is 0 Å². The lowest BCUT2D eigenvalue weighted by Gasteiger charge is -2.15. The molecule has 1 nitrogen and oxygen atoms in total. The molecule has 0 atom stereocenters. The fourth-order valence-corrected chi connectivity index (χ4v) is 1.50. The Morgan fingerprint density at radius 2 is 1.47 bits per heavy atom. The molecule has 0 bridgehead atoms. The first kappa shape index (κ1) is 15.3. The topological polar surface area (TPSA) is 17.1 Å². The summed E-state index contributed by atoms with van der Waals surface area (Å²) < 4.78 is 74.7. The first-order valence-corrected chi connectivity index (χ1v) is 4.99. The average Bonchev–Trinajstić information content (AvgIpc) is 2.23. The number of Topliss-reactive ketones (excluding diaryl/α,β-unsaturated/α-hetero) is 1. The average molecular weight is 282 g/mol. The molecule has 1 aromatic carbocycles. The SMILES string of the molecule is CC(=O)c1ccccc1/C(=C\C(F)(F)F)C(F)(F)F. The van der Waals surface area contributed by atoms with Crippen molar-refractivity contribution in [2.24, 2.45) is 0 Å². The molecule has 19 heavy (non-hydrogen) atoms. The summed E-state index contributed by atoms with van der Waals surface area (Å²) in [5, 5.41) is 0. The van der Waals surface area contributed by atoms with E-state index in [2.05, 4.69) is 0 Å². The molecule has 0 aliphatic rings. The Kier molecular flexibility index (Phi) is 4.07. The zero-order valence-electron chi connectivity index (χ0n) is 9.56. The van der Waals surface area contributed by atoms with E-state index in [4.69, 9.17) is 0 Å². The predicted octanol–water partition coefficient (Wildman–Crippen LogP) is 4.40. The van der Waals surface area contributed by atoms with E-state index < -0.39 is 40.9 Å². The number of halogens is 6. The largest absolute Gasteiger partial charge is 0.417 e. The van der Waals surface area contributed by atoms with Crippen molar-refractivity contribution < 1.29 is 31.1 Å². The van der Waals surface area contributed by atoms with Crippen molar-refractivity contribution in [1.29, 1.82) is 0 Å². The number of carbonyl (C=O) groups excluding carboxylic acids is 1. The maximum absolute atomic E-state index is 12.7. The van der Waals surface area contributed by atoms with Gasteiger partial charge in [0.15, 0.2) is 5.78 Å². The molecular formula is C12H8F6O. The van der Waals surface area contributed by atoms with Gasteiger partial charge in [-0.1, -0.05) is 24.3 Å². The molecule has 0 saturated carbocycles. The Labute approximate surface area is 104 Å². The van der Waals surface area contributed by atoms with E-state index in [1.165, 1.54) is 6.07 Å². The standard InChI is InChI=1S/C12H8F6O/c1-7(19)8-4-2-3-5-9(8)10(12(16,17)18)6-11(13,14)15/h2-6H,1H3/b10-6+. The van der Waals surface area contributed by atoms with Crippen LogP contribution in [0.4, 0.5) is 26.3 Å². The maximum Gasteiger partial charge on any atom is 0.417 e. The van der Waals surface area contributed by atoms with Gasteiger partial charge in [0.1, 0.15) is 0 Å². The van der Waals surface area contributed by atoms with Crippen LogP contribution < -0.4 is 0 Å². The molecule has 0 radical (unpaired) electrons. The van der Waals surface area contributed by atoms with Crippen LogP contribution in [0, 0.1) is 0 Å². The van der Waals surface area contributed by atoms with Crippen molar-refractivity contribution >= 4 is 11.4 Å². The predicted molar refractivity (Wildman–Crippen MR) is 56.5 cm³/mol. The van der Waals surface area contributed by atoms with Gasteiger partial charge in [-0.2, -0.15) is 26.3 Å². The van der Waals surface area contributed by atoms with Gasteiger partial charge in [0.25, 0.3) is 0 Å². The second kappa shape index (κ2) is 5.07. The van der Waals surface area contributed by atoms with Gasteiger partial charge < -0.3 is 0 Å². The van der Waals surface area contributed by atoms with Crippen molar-refractivity contribution in [1.82, 2.24) is 0 Å². The zero-order chi connectivity index (χ0) is 14.8. The number of alkyl halides is 6. The summed E-state index contributed by atoms with van der Waals surface area (Å²) in [4.78, 5) is 11.2. The van der Waals surface area contributed by atoms with Crippen molar-refractivity contribution in [3.8, 4) is 0 Å². The summed E-state index contributed by atoms with van der Waals surface area (Å²) >= 11 is 0.